The van der Waals surface area contributed by atoms with Crippen LogP contribution in [0.1, 0.15) is 24.8 Å². The van der Waals surface area contributed by atoms with E-state index in [-0.39, 0.29) is 58.1 Å². The smallest absolute Gasteiger partial charge is 0.315 e. The van der Waals surface area contributed by atoms with Gasteiger partial charge in [0.25, 0.3) is 0 Å². The molecule has 1 aromatic carbocycles. The van der Waals surface area contributed by atoms with Crippen LogP contribution in [-0.2, 0) is 49.5 Å². The molecular formula is C24H36N2O10. The van der Waals surface area contributed by atoms with E-state index in [1.807, 2.05) is 30.3 Å². The van der Waals surface area contributed by atoms with Crippen LogP contribution in [0.15, 0.2) is 30.3 Å². The zero-order valence-electron chi connectivity index (χ0n) is 20.4. The number of rotatable bonds is 22. The highest BCUT2D eigenvalue weighted by molar-refractivity contribution is 5.94. The summed E-state index contributed by atoms with van der Waals surface area (Å²) in [5.41, 5.74) is 0.850. The second-order valence-electron chi connectivity index (χ2n) is 7.37. The summed E-state index contributed by atoms with van der Waals surface area (Å²) in [4.78, 5) is 45.4. The molecule has 0 unspecified atom stereocenters. The topological polar surface area (TPSA) is 159 Å². The van der Waals surface area contributed by atoms with E-state index < -0.39 is 17.8 Å². The van der Waals surface area contributed by atoms with Crippen LogP contribution < -0.4 is 10.6 Å². The Labute approximate surface area is 210 Å². The number of ether oxygens (including phenoxy) is 5. The molecule has 12 heteroatoms. The highest BCUT2D eigenvalue weighted by atomic mass is 16.5. The molecule has 0 radical (unpaired) electrons. The van der Waals surface area contributed by atoms with Gasteiger partial charge < -0.3 is 39.4 Å². The predicted molar refractivity (Wildman–Crippen MR) is 127 cm³/mol. The summed E-state index contributed by atoms with van der Waals surface area (Å²) in [6.07, 6.45) is -0.195. The van der Waals surface area contributed by atoms with E-state index in [2.05, 4.69) is 10.6 Å². The van der Waals surface area contributed by atoms with Crippen LogP contribution in [0.2, 0.25) is 0 Å². The number of benzene rings is 1. The van der Waals surface area contributed by atoms with E-state index in [1.165, 1.54) is 0 Å². The Morgan fingerprint density at radius 3 is 1.78 bits per heavy atom. The molecule has 36 heavy (non-hydrogen) atoms. The number of amides is 2. The molecule has 0 saturated carbocycles. The van der Waals surface area contributed by atoms with Gasteiger partial charge in [0.2, 0.25) is 11.8 Å². The second-order valence-corrected chi connectivity index (χ2v) is 7.37. The summed E-state index contributed by atoms with van der Waals surface area (Å²) < 4.78 is 26.0. The summed E-state index contributed by atoms with van der Waals surface area (Å²) >= 11 is 0. The van der Waals surface area contributed by atoms with Crippen LogP contribution in [0.4, 0.5) is 0 Å². The van der Waals surface area contributed by atoms with E-state index in [9.17, 15) is 19.2 Å². The standard InChI is InChI=1S/C24H36N2O10/c27-21(25-8-12-34-17-15-33-11-7-23(29)30)6-10-32-14-16-35-13-9-26-22(28)18-24(31)36-19-20-4-2-1-3-5-20/h1-5H,6-19H2,(H,25,27)(H,26,28)(H,29,30). The van der Waals surface area contributed by atoms with E-state index in [0.29, 0.717) is 39.6 Å². The minimum Gasteiger partial charge on any atom is -0.481 e. The molecule has 0 bridgehead atoms. The van der Waals surface area contributed by atoms with Crippen molar-refractivity contribution in [1.82, 2.24) is 10.6 Å². The van der Waals surface area contributed by atoms with E-state index in [0.717, 1.165) is 5.56 Å². The van der Waals surface area contributed by atoms with Crippen molar-refractivity contribution in [1.29, 1.82) is 0 Å². The molecule has 0 aliphatic carbocycles. The molecule has 202 valence electrons. The van der Waals surface area contributed by atoms with E-state index >= 15 is 0 Å². The van der Waals surface area contributed by atoms with Gasteiger partial charge in [-0.05, 0) is 5.56 Å². The maximum Gasteiger partial charge on any atom is 0.315 e. The Bertz CT molecular complexity index is 761. The summed E-state index contributed by atoms with van der Waals surface area (Å²) in [5.74, 6) is -2.11. The van der Waals surface area contributed by atoms with Gasteiger partial charge in [0.05, 0.1) is 59.3 Å². The fourth-order valence-corrected chi connectivity index (χ4v) is 2.56. The molecule has 2 amide bonds. The third kappa shape index (κ3) is 19.3. The largest absolute Gasteiger partial charge is 0.481 e. The van der Waals surface area contributed by atoms with Gasteiger partial charge in [0.1, 0.15) is 13.0 Å². The minimum absolute atomic E-state index is 0.0436. The maximum absolute atomic E-state index is 11.7. The molecule has 0 spiro atoms. The lowest BCUT2D eigenvalue weighted by Gasteiger charge is -2.08. The van der Waals surface area contributed by atoms with Crippen molar-refractivity contribution in [3.05, 3.63) is 35.9 Å². The van der Waals surface area contributed by atoms with Crippen molar-refractivity contribution in [2.24, 2.45) is 0 Å². The van der Waals surface area contributed by atoms with Gasteiger partial charge in [-0.3, -0.25) is 19.2 Å². The predicted octanol–water partition coefficient (Wildman–Crippen LogP) is 0.284. The number of aliphatic carboxylic acids is 1. The zero-order valence-corrected chi connectivity index (χ0v) is 20.4. The van der Waals surface area contributed by atoms with Crippen LogP contribution in [0, 0.1) is 0 Å². The number of carboxylic acids is 1. The number of carboxylic acid groups (broad SMARTS) is 1. The molecule has 0 saturated heterocycles. The van der Waals surface area contributed by atoms with Crippen LogP contribution in [-0.4, -0.2) is 94.8 Å². The number of carbonyl (C=O) groups is 4. The van der Waals surface area contributed by atoms with Crippen molar-refractivity contribution >= 4 is 23.8 Å². The maximum atomic E-state index is 11.7. The Hall–Kier alpha value is -3.06. The number of esters is 1. The molecule has 0 heterocycles. The quantitative estimate of drug-likeness (QED) is 0.112. The normalized spacial score (nSPS) is 10.6. The van der Waals surface area contributed by atoms with Gasteiger partial charge in [0, 0.05) is 19.5 Å². The first kappa shape index (κ1) is 31.0. The van der Waals surface area contributed by atoms with Crippen molar-refractivity contribution in [3.8, 4) is 0 Å². The molecule has 12 nitrogen and oxygen atoms in total. The Morgan fingerprint density at radius 1 is 0.667 bits per heavy atom. The molecule has 0 atom stereocenters. The first-order valence-electron chi connectivity index (χ1n) is 11.7. The molecule has 0 aliphatic rings. The molecular weight excluding hydrogens is 476 g/mol. The first-order chi connectivity index (χ1) is 17.5. The first-order valence-corrected chi connectivity index (χ1v) is 11.7. The van der Waals surface area contributed by atoms with Crippen molar-refractivity contribution in [2.75, 3.05) is 65.9 Å². The van der Waals surface area contributed by atoms with E-state index in [4.69, 9.17) is 28.8 Å². The summed E-state index contributed by atoms with van der Waals surface area (Å²) in [6, 6.07) is 9.20. The minimum atomic E-state index is -0.910. The Kier molecular flexibility index (Phi) is 18.3. The van der Waals surface area contributed by atoms with Gasteiger partial charge in [-0.1, -0.05) is 30.3 Å². The summed E-state index contributed by atoms with van der Waals surface area (Å²) in [5, 5.41) is 13.7. The monoisotopic (exact) mass is 512 g/mol. The number of hydrogen-bond acceptors (Lipinski definition) is 9. The lowest BCUT2D eigenvalue weighted by atomic mass is 10.2. The van der Waals surface area contributed by atoms with E-state index in [1.54, 1.807) is 0 Å². The van der Waals surface area contributed by atoms with Gasteiger partial charge in [-0.15, -0.1) is 0 Å². The van der Waals surface area contributed by atoms with Crippen LogP contribution in [0.3, 0.4) is 0 Å². The van der Waals surface area contributed by atoms with Crippen LogP contribution in [0.25, 0.3) is 0 Å². The highest BCUT2D eigenvalue weighted by Gasteiger charge is 2.10. The average Bonchev–Trinajstić information content (AvgIpc) is 2.86. The van der Waals surface area contributed by atoms with Gasteiger partial charge in [-0.2, -0.15) is 0 Å². The second kappa shape index (κ2) is 21.2. The van der Waals surface area contributed by atoms with Crippen molar-refractivity contribution < 1.29 is 48.0 Å². The van der Waals surface area contributed by atoms with Gasteiger partial charge >= 0.3 is 11.9 Å². The van der Waals surface area contributed by atoms with Gasteiger partial charge in [0.15, 0.2) is 0 Å². The van der Waals surface area contributed by atoms with Crippen molar-refractivity contribution in [3.63, 3.8) is 0 Å². The van der Waals surface area contributed by atoms with Crippen molar-refractivity contribution in [2.45, 2.75) is 25.9 Å². The Morgan fingerprint density at radius 2 is 1.19 bits per heavy atom. The molecule has 0 aromatic heterocycles. The zero-order chi connectivity index (χ0) is 26.3. The lowest BCUT2D eigenvalue weighted by molar-refractivity contribution is -0.147. The van der Waals surface area contributed by atoms with Gasteiger partial charge in [-0.25, -0.2) is 0 Å². The molecule has 0 aliphatic heterocycles. The third-order valence-corrected chi connectivity index (χ3v) is 4.36. The molecule has 0 fully saturated rings. The highest BCUT2D eigenvalue weighted by Crippen LogP contribution is 2.01. The van der Waals surface area contributed by atoms with Crippen LogP contribution >= 0.6 is 0 Å². The summed E-state index contributed by atoms with van der Waals surface area (Å²) in [6.45, 7) is 2.94. The Balaban J connectivity index is 1.83. The number of carbonyl (C=O) groups excluding carboxylic acids is 3. The molecule has 3 N–H and O–H groups in total. The fourth-order valence-electron chi connectivity index (χ4n) is 2.56. The summed E-state index contributed by atoms with van der Waals surface area (Å²) in [7, 11) is 0. The number of hydrogen-bond donors (Lipinski definition) is 3. The SMILES string of the molecule is O=C(O)CCOCCOCCNC(=O)CCOCCOCCNC(=O)CC(=O)OCc1ccccc1. The average molecular weight is 513 g/mol. The number of nitrogens with one attached hydrogen (secondary N) is 2. The molecule has 1 aromatic rings. The van der Waals surface area contributed by atoms with Crippen LogP contribution in [0.5, 0.6) is 0 Å². The third-order valence-electron chi connectivity index (χ3n) is 4.36. The lowest BCUT2D eigenvalue weighted by Crippen LogP contribution is -2.30. The molecule has 1 rings (SSSR count). The fraction of sp³-hybridized carbons (Fsp3) is 0.583.